The standard InChI is InChI=1S/C20H25ClN2O4/c1-2-27-19(25)8-9-22(12-14-6-7-14)20(26)15-10-18(24)23(13-15)17-5-3-4-16(21)11-17/h3-5,11,14-15H,2,6-10,12-13H2,1H3/t15-/m0/s1. The molecule has 2 fully saturated rings. The molecule has 27 heavy (non-hydrogen) atoms. The zero-order valence-corrected chi connectivity index (χ0v) is 16.3. The molecule has 0 N–H and O–H groups in total. The Morgan fingerprint density at radius 2 is 2.11 bits per heavy atom. The highest BCUT2D eigenvalue weighted by Crippen LogP contribution is 2.32. The molecule has 1 aromatic carbocycles. The molecule has 146 valence electrons. The second-order valence-electron chi connectivity index (χ2n) is 7.17. The fourth-order valence-electron chi connectivity index (χ4n) is 3.39. The van der Waals surface area contributed by atoms with Gasteiger partial charge in [0.05, 0.1) is 18.9 Å². The fourth-order valence-corrected chi connectivity index (χ4v) is 3.57. The summed E-state index contributed by atoms with van der Waals surface area (Å²) in [6.45, 7) is 3.44. The number of rotatable bonds is 8. The minimum atomic E-state index is -0.391. The number of esters is 1. The van der Waals surface area contributed by atoms with Gasteiger partial charge in [0.2, 0.25) is 11.8 Å². The van der Waals surface area contributed by atoms with E-state index in [1.54, 1.807) is 34.9 Å². The smallest absolute Gasteiger partial charge is 0.307 e. The molecule has 6 nitrogen and oxygen atoms in total. The minimum Gasteiger partial charge on any atom is -0.466 e. The third kappa shape index (κ3) is 5.22. The summed E-state index contributed by atoms with van der Waals surface area (Å²) in [5.74, 6) is -0.305. The fraction of sp³-hybridized carbons (Fsp3) is 0.550. The number of halogens is 1. The average molecular weight is 393 g/mol. The monoisotopic (exact) mass is 392 g/mol. The van der Waals surface area contributed by atoms with Gasteiger partial charge in [-0.05, 0) is 43.9 Å². The van der Waals surface area contributed by atoms with Crippen molar-refractivity contribution in [2.45, 2.75) is 32.6 Å². The van der Waals surface area contributed by atoms with Crippen LogP contribution in [0.25, 0.3) is 0 Å². The zero-order chi connectivity index (χ0) is 19.4. The van der Waals surface area contributed by atoms with Gasteiger partial charge in [-0.15, -0.1) is 0 Å². The van der Waals surface area contributed by atoms with Gasteiger partial charge in [0, 0.05) is 36.8 Å². The summed E-state index contributed by atoms with van der Waals surface area (Å²) in [5.41, 5.74) is 0.711. The number of hydrogen-bond acceptors (Lipinski definition) is 4. The molecule has 0 radical (unpaired) electrons. The molecule has 1 aliphatic heterocycles. The van der Waals surface area contributed by atoms with E-state index in [-0.39, 0.29) is 30.6 Å². The van der Waals surface area contributed by atoms with Crippen molar-refractivity contribution in [1.82, 2.24) is 4.90 Å². The molecule has 2 aliphatic rings. The van der Waals surface area contributed by atoms with Gasteiger partial charge in [0.25, 0.3) is 0 Å². The number of ether oxygens (including phenoxy) is 1. The third-order valence-corrected chi connectivity index (χ3v) is 5.21. The Morgan fingerprint density at radius 3 is 2.78 bits per heavy atom. The SMILES string of the molecule is CCOC(=O)CCN(CC1CC1)C(=O)[C@H]1CC(=O)N(c2cccc(Cl)c2)C1. The molecule has 1 heterocycles. The van der Waals surface area contributed by atoms with Crippen LogP contribution >= 0.6 is 11.6 Å². The van der Waals surface area contributed by atoms with Crippen molar-refractivity contribution < 1.29 is 19.1 Å². The highest BCUT2D eigenvalue weighted by atomic mass is 35.5. The first-order valence-corrected chi connectivity index (χ1v) is 9.86. The van der Waals surface area contributed by atoms with E-state index in [0.29, 0.717) is 42.9 Å². The summed E-state index contributed by atoms with van der Waals surface area (Å²) in [7, 11) is 0. The predicted molar refractivity (Wildman–Crippen MR) is 102 cm³/mol. The molecule has 0 bridgehead atoms. The van der Waals surface area contributed by atoms with E-state index in [4.69, 9.17) is 16.3 Å². The lowest BCUT2D eigenvalue weighted by Crippen LogP contribution is -2.40. The second-order valence-corrected chi connectivity index (χ2v) is 7.60. The molecule has 1 saturated heterocycles. The summed E-state index contributed by atoms with van der Waals surface area (Å²) < 4.78 is 4.97. The summed E-state index contributed by atoms with van der Waals surface area (Å²) in [4.78, 5) is 40.5. The Balaban J connectivity index is 1.64. The van der Waals surface area contributed by atoms with Gasteiger partial charge < -0.3 is 14.5 Å². The number of carbonyl (C=O) groups is 3. The predicted octanol–water partition coefficient (Wildman–Crippen LogP) is 2.88. The van der Waals surface area contributed by atoms with Gasteiger partial charge in [-0.25, -0.2) is 0 Å². The van der Waals surface area contributed by atoms with Crippen LogP contribution in [0.3, 0.4) is 0 Å². The van der Waals surface area contributed by atoms with Crippen molar-refractivity contribution >= 4 is 35.1 Å². The maximum Gasteiger partial charge on any atom is 0.307 e. The first-order valence-electron chi connectivity index (χ1n) is 9.48. The zero-order valence-electron chi connectivity index (χ0n) is 15.5. The van der Waals surface area contributed by atoms with Crippen LogP contribution in [0.4, 0.5) is 5.69 Å². The van der Waals surface area contributed by atoms with E-state index in [2.05, 4.69) is 0 Å². The summed E-state index contributed by atoms with van der Waals surface area (Å²) in [6.07, 6.45) is 2.60. The van der Waals surface area contributed by atoms with Crippen LogP contribution in [0.2, 0.25) is 5.02 Å². The number of benzene rings is 1. The van der Waals surface area contributed by atoms with Gasteiger partial charge in [0.1, 0.15) is 0 Å². The molecule has 1 atom stereocenters. The molecule has 7 heteroatoms. The van der Waals surface area contributed by atoms with Gasteiger partial charge in [-0.2, -0.15) is 0 Å². The molecule has 0 unspecified atom stereocenters. The van der Waals surface area contributed by atoms with Crippen LogP contribution in [-0.4, -0.2) is 48.9 Å². The number of amides is 2. The number of nitrogens with zero attached hydrogens (tertiary/aromatic N) is 2. The molecular formula is C20H25ClN2O4. The van der Waals surface area contributed by atoms with Crippen LogP contribution in [0, 0.1) is 11.8 Å². The Morgan fingerprint density at radius 1 is 1.33 bits per heavy atom. The topological polar surface area (TPSA) is 66.9 Å². The largest absolute Gasteiger partial charge is 0.466 e. The van der Waals surface area contributed by atoms with E-state index in [9.17, 15) is 14.4 Å². The second kappa shape index (κ2) is 8.74. The number of hydrogen-bond donors (Lipinski definition) is 0. The van der Waals surface area contributed by atoms with Crippen molar-refractivity contribution in [1.29, 1.82) is 0 Å². The van der Waals surface area contributed by atoms with Crippen LogP contribution < -0.4 is 4.90 Å². The van der Waals surface area contributed by atoms with Crippen molar-refractivity contribution in [3.8, 4) is 0 Å². The van der Waals surface area contributed by atoms with E-state index in [0.717, 1.165) is 12.8 Å². The normalized spacial score (nSPS) is 19.3. The first-order chi connectivity index (χ1) is 13.0. The molecule has 1 aromatic rings. The maximum atomic E-state index is 13.0. The molecular weight excluding hydrogens is 368 g/mol. The Hall–Kier alpha value is -2.08. The minimum absolute atomic E-state index is 0.0518. The van der Waals surface area contributed by atoms with Crippen molar-refractivity contribution in [2.75, 3.05) is 31.1 Å². The summed E-state index contributed by atoms with van der Waals surface area (Å²) in [5, 5.41) is 0.555. The van der Waals surface area contributed by atoms with Gasteiger partial charge in [-0.3, -0.25) is 14.4 Å². The molecule has 1 saturated carbocycles. The first kappa shape index (κ1) is 19.7. The Bertz CT molecular complexity index is 720. The van der Waals surface area contributed by atoms with Crippen molar-refractivity contribution in [3.05, 3.63) is 29.3 Å². The van der Waals surface area contributed by atoms with E-state index < -0.39 is 5.92 Å². The molecule has 0 aromatic heterocycles. The van der Waals surface area contributed by atoms with E-state index in [1.807, 2.05) is 6.07 Å². The highest BCUT2D eigenvalue weighted by molar-refractivity contribution is 6.31. The Labute approximate surface area is 164 Å². The lowest BCUT2D eigenvalue weighted by atomic mass is 10.1. The van der Waals surface area contributed by atoms with Crippen LogP contribution in [0.1, 0.15) is 32.6 Å². The molecule has 1 aliphatic carbocycles. The third-order valence-electron chi connectivity index (χ3n) is 4.97. The van der Waals surface area contributed by atoms with Gasteiger partial charge in [0.15, 0.2) is 0 Å². The van der Waals surface area contributed by atoms with E-state index in [1.165, 1.54) is 0 Å². The van der Waals surface area contributed by atoms with Crippen molar-refractivity contribution in [2.24, 2.45) is 11.8 Å². The maximum absolute atomic E-state index is 13.0. The number of anilines is 1. The van der Waals surface area contributed by atoms with Gasteiger partial charge in [-0.1, -0.05) is 17.7 Å². The molecule has 0 spiro atoms. The van der Waals surface area contributed by atoms with Crippen LogP contribution in [0.5, 0.6) is 0 Å². The van der Waals surface area contributed by atoms with Gasteiger partial charge >= 0.3 is 5.97 Å². The number of carbonyl (C=O) groups excluding carboxylic acids is 3. The lowest BCUT2D eigenvalue weighted by Gasteiger charge is -2.25. The summed E-state index contributed by atoms with van der Waals surface area (Å²) in [6, 6.07) is 7.09. The quantitative estimate of drug-likeness (QED) is 0.638. The molecule has 3 rings (SSSR count). The Kier molecular flexibility index (Phi) is 6.37. The average Bonchev–Trinajstić information content (AvgIpc) is 3.37. The highest BCUT2D eigenvalue weighted by Gasteiger charge is 2.38. The summed E-state index contributed by atoms with van der Waals surface area (Å²) >= 11 is 6.02. The molecule has 2 amide bonds. The van der Waals surface area contributed by atoms with Crippen molar-refractivity contribution in [3.63, 3.8) is 0 Å². The van der Waals surface area contributed by atoms with E-state index >= 15 is 0 Å². The lowest BCUT2D eigenvalue weighted by molar-refractivity contribution is -0.144. The van der Waals surface area contributed by atoms with Crippen LogP contribution in [0.15, 0.2) is 24.3 Å². The van der Waals surface area contributed by atoms with Crippen LogP contribution in [-0.2, 0) is 19.1 Å².